The van der Waals surface area contributed by atoms with Gasteiger partial charge in [0.15, 0.2) is 5.65 Å². The third kappa shape index (κ3) is 3.09. The fraction of sp³-hybridized carbons (Fsp3) is 0.0417. The molecule has 5 aromatic heterocycles. The maximum absolute atomic E-state index is 12.7. The average molecular weight is 437 g/mol. The van der Waals surface area contributed by atoms with E-state index in [1.165, 1.54) is 4.88 Å². The quantitative estimate of drug-likeness (QED) is 0.408. The summed E-state index contributed by atoms with van der Waals surface area (Å²) in [4.78, 5) is 32.0. The van der Waals surface area contributed by atoms with Crippen LogP contribution in [-0.4, -0.2) is 30.1 Å². The molecule has 0 saturated carbocycles. The average Bonchev–Trinajstić information content (AvgIpc) is 3.49. The van der Waals surface area contributed by atoms with E-state index < -0.39 is 0 Å². The third-order valence-electron chi connectivity index (χ3n) is 5.32. The van der Waals surface area contributed by atoms with E-state index in [1.807, 2.05) is 30.3 Å². The van der Waals surface area contributed by atoms with Gasteiger partial charge in [-0.2, -0.15) is 5.10 Å². The summed E-state index contributed by atoms with van der Waals surface area (Å²) in [6, 6.07) is 17.6. The predicted octanol–water partition coefficient (Wildman–Crippen LogP) is 4.96. The van der Waals surface area contributed by atoms with Crippen molar-refractivity contribution in [2.24, 2.45) is 0 Å². The van der Waals surface area contributed by atoms with Gasteiger partial charge in [-0.25, -0.2) is 9.97 Å². The van der Waals surface area contributed by atoms with E-state index in [1.54, 1.807) is 35.9 Å². The second-order valence-electron chi connectivity index (χ2n) is 7.46. The number of aromatic amines is 2. The van der Waals surface area contributed by atoms with Crippen LogP contribution >= 0.6 is 11.3 Å². The molecule has 1 aromatic carbocycles. The highest BCUT2D eigenvalue weighted by molar-refractivity contribution is 7.15. The standard InChI is InChI=1S/C24H16N6OS/c1-13-4-7-20(32-13)22-21(15-5-6-17-14(11-15)3-2-9-25-17)27-19-12-16(18-8-10-26-30-18)24(31)29-23(19)28-22/h2-12H,1H3,(H,26,30)(H,28,29,31). The van der Waals surface area contributed by atoms with Crippen molar-refractivity contribution in [1.29, 1.82) is 0 Å². The van der Waals surface area contributed by atoms with Crippen molar-refractivity contribution in [3.05, 3.63) is 82.2 Å². The van der Waals surface area contributed by atoms with Crippen LogP contribution in [0.3, 0.4) is 0 Å². The number of pyridine rings is 2. The number of nitrogens with one attached hydrogen (secondary N) is 2. The zero-order chi connectivity index (χ0) is 21.7. The minimum absolute atomic E-state index is 0.242. The summed E-state index contributed by atoms with van der Waals surface area (Å²) in [5, 5.41) is 7.82. The molecule has 0 radical (unpaired) electrons. The van der Waals surface area contributed by atoms with Crippen LogP contribution in [0.1, 0.15) is 4.88 Å². The molecule has 0 aliphatic carbocycles. The molecule has 0 bridgehead atoms. The molecule has 0 aliphatic rings. The zero-order valence-electron chi connectivity index (χ0n) is 17.0. The molecule has 0 spiro atoms. The van der Waals surface area contributed by atoms with Crippen molar-refractivity contribution in [3.8, 4) is 33.1 Å². The van der Waals surface area contributed by atoms with E-state index in [9.17, 15) is 4.79 Å². The molecular weight excluding hydrogens is 420 g/mol. The molecule has 32 heavy (non-hydrogen) atoms. The molecule has 0 atom stereocenters. The van der Waals surface area contributed by atoms with Gasteiger partial charge in [0.25, 0.3) is 5.56 Å². The highest BCUT2D eigenvalue weighted by Crippen LogP contribution is 2.35. The first-order chi connectivity index (χ1) is 15.7. The summed E-state index contributed by atoms with van der Waals surface area (Å²) < 4.78 is 0. The molecule has 0 saturated heterocycles. The number of aromatic nitrogens is 6. The van der Waals surface area contributed by atoms with Gasteiger partial charge in [-0.05, 0) is 49.4 Å². The van der Waals surface area contributed by atoms with E-state index >= 15 is 0 Å². The second-order valence-corrected chi connectivity index (χ2v) is 8.75. The van der Waals surface area contributed by atoms with Crippen molar-refractivity contribution in [2.45, 2.75) is 6.92 Å². The normalized spacial score (nSPS) is 11.4. The molecular formula is C24H16N6OS. The van der Waals surface area contributed by atoms with Gasteiger partial charge in [0.05, 0.1) is 27.3 Å². The van der Waals surface area contributed by atoms with Crippen molar-refractivity contribution in [3.63, 3.8) is 0 Å². The van der Waals surface area contributed by atoms with Crippen molar-refractivity contribution < 1.29 is 0 Å². The summed E-state index contributed by atoms with van der Waals surface area (Å²) in [5.41, 5.74) is 5.27. The number of hydrogen-bond acceptors (Lipinski definition) is 6. The molecule has 0 amide bonds. The molecule has 0 unspecified atom stereocenters. The minimum Gasteiger partial charge on any atom is -0.305 e. The van der Waals surface area contributed by atoms with Crippen LogP contribution in [0.15, 0.2) is 71.8 Å². The summed E-state index contributed by atoms with van der Waals surface area (Å²) >= 11 is 1.65. The monoisotopic (exact) mass is 436 g/mol. The zero-order valence-corrected chi connectivity index (χ0v) is 17.8. The highest BCUT2D eigenvalue weighted by atomic mass is 32.1. The van der Waals surface area contributed by atoms with Gasteiger partial charge in [0.1, 0.15) is 11.2 Å². The number of aryl methyl sites for hydroxylation is 1. The van der Waals surface area contributed by atoms with Crippen LogP contribution in [0.4, 0.5) is 0 Å². The van der Waals surface area contributed by atoms with Gasteiger partial charge in [0.2, 0.25) is 0 Å². The van der Waals surface area contributed by atoms with Crippen molar-refractivity contribution >= 4 is 33.4 Å². The van der Waals surface area contributed by atoms with Crippen molar-refractivity contribution in [1.82, 2.24) is 30.1 Å². The Morgan fingerprint density at radius 3 is 2.66 bits per heavy atom. The lowest BCUT2D eigenvalue weighted by Gasteiger charge is -2.10. The van der Waals surface area contributed by atoms with Crippen molar-refractivity contribution in [2.75, 3.05) is 0 Å². The Morgan fingerprint density at radius 2 is 1.84 bits per heavy atom. The van der Waals surface area contributed by atoms with E-state index in [-0.39, 0.29) is 5.56 Å². The number of hydrogen-bond donors (Lipinski definition) is 2. The number of nitrogens with zero attached hydrogens (tertiary/aromatic N) is 4. The first-order valence-electron chi connectivity index (χ1n) is 10.0. The Balaban J connectivity index is 1.64. The molecule has 6 aromatic rings. The van der Waals surface area contributed by atoms with Gasteiger partial charge in [-0.15, -0.1) is 11.3 Å². The van der Waals surface area contributed by atoms with E-state index in [0.717, 1.165) is 32.7 Å². The molecule has 0 aliphatic heterocycles. The number of fused-ring (bicyclic) bond motifs is 2. The lowest BCUT2D eigenvalue weighted by atomic mass is 10.1. The first kappa shape index (κ1) is 18.6. The summed E-state index contributed by atoms with van der Waals surface area (Å²) in [6.45, 7) is 2.06. The SMILES string of the molecule is Cc1ccc(-c2nc3[nH]c(=O)c(-c4ccn[nH]4)cc3nc2-c2ccc3ncccc3c2)s1. The summed E-state index contributed by atoms with van der Waals surface area (Å²) in [5.74, 6) is 0. The number of H-pyrrole nitrogens is 2. The van der Waals surface area contributed by atoms with E-state index in [4.69, 9.17) is 9.97 Å². The Bertz CT molecular complexity index is 1670. The minimum atomic E-state index is -0.242. The van der Waals surface area contributed by atoms with Gasteiger partial charge < -0.3 is 4.98 Å². The largest absolute Gasteiger partial charge is 0.305 e. The smallest absolute Gasteiger partial charge is 0.259 e. The van der Waals surface area contributed by atoms with Gasteiger partial charge >= 0.3 is 0 Å². The Hall–Kier alpha value is -4.17. The maximum Gasteiger partial charge on any atom is 0.259 e. The number of rotatable bonds is 3. The molecule has 0 fully saturated rings. The third-order valence-corrected chi connectivity index (χ3v) is 6.33. The van der Waals surface area contributed by atoms with Crippen LogP contribution in [0.2, 0.25) is 0 Å². The van der Waals surface area contributed by atoms with Gasteiger partial charge in [0, 0.05) is 28.2 Å². The highest BCUT2D eigenvalue weighted by Gasteiger charge is 2.17. The fourth-order valence-electron chi connectivity index (χ4n) is 3.78. The summed E-state index contributed by atoms with van der Waals surface area (Å²) in [6.07, 6.45) is 3.40. The van der Waals surface area contributed by atoms with Crippen LogP contribution < -0.4 is 5.56 Å². The van der Waals surface area contributed by atoms with Crippen LogP contribution in [0.5, 0.6) is 0 Å². The fourth-order valence-corrected chi connectivity index (χ4v) is 4.64. The Kier molecular flexibility index (Phi) is 4.19. The van der Waals surface area contributed by atoms with E-state index in [2.05, 4.69) is 39.2 Å². The molecule has 8 heteroatoms. The molecule has 2 N–H and O–H groups in total. The molecule has 5 heterocycles. The van der Waals surface area contributed by atoms with Gasteiger partial charge in [-0.1, -0.05) is 12.1 Å². The Labute approximate surface area is 185 Å². The topological polar surface area (TPSA) is 100 Å². The lowest BCUT2D eigenvalue weighted by Crippen LogP contribution is -2.11. The Morgan fingerprint density at radius 1 is 0.906 bits per heavy atom. The van der Waals surface area contributed by atoms with Crippen LogP contribution in [0.25, 0.3) is 55.2 Å². The molecule has 7 nitrogen and oxygen atoms in total. The number of benzene rings is 1. The second kappa shape index (κ2) is 7.21. The maximum atomic E-state index is 12.7. The first-order valence-corrected chi connectivity index (χ1v) is 10.8. The molecule has 6 rings (SSSR count). The number of thiophene rings is 1. The van der Waals surface area contributed by atoms with Gasteiger partial charge in [-0.3, -0.25) is 14.9 Å². The summed E-state index contributed by atoms with van der Waals surface area (Å²) in [7, 11) is 0. The van der Waals surface area contributed by atoms with Crippen LogP contribution in [0, 0.1) is 6.92 Å². The van der Waals surface area contributed by atoms with E-state index in [0.29, 0.717) is 22.4 Å². The predicted molar refractivity (Wildman–Crippen MR) is 127 cm³/mol. The lowest BCUT2D eigenvalue weighted by molar-refractivity contribution is 1.09. The molecule has 154 valence electrons. The van der Waals surface area contributed by atoms with Crippen LogP contribution in [-0.2, 0) is 0 Å².